The van der Waals surface area contributed by atoms with Crippen LogP contribution in [0.5, 0.6) is 0 Å². The maximum absolute atomic E-state index is 9.81. The number of hydrogen-bond donors (Lipinski definition) is 1. The van der Waals surface area contributed by atoms with Gasteiger partial charge in [0.15, 0.2) is 0 Å². The van der Waals surface area contributed by atoms with Crippen LogP contribution in [0.15, 0.2) is 0 Å². The molecule has 0 spiro atoms. The molecule has 2 nitrogen and oxygen atoms in total. The van der Waals surface area contributed by atoms with Crippen molar-refractivity contribution in [3.05, 3.63) is 0 Å². The van der Waals surface area contributed by atoms with Gasteiger partial charge in [0.25, 0.3) is 0 Å². The van der Waals surface area contributed by atoms with Crippen molar-refractivity contribution in [2.45, 2.75) is 58.0 Å². The molecule has 0 bridgehead atoms. The standard InChI is InChI=1S/C9H19NO/c1-5-9(4)7-6-8(2,3)10(9)11/h11H,5-7H2,1-4H3. The molecular formula is C9H19NO. The fraction of sp³-hybridized carbons (Fsp3) is 1.00. The molecule has 1 unspecified atom stereocenters. The van der Waals surface area contributed by atoms with E-state index in [9.17, 15) is 5.21 Å². The van der Waals surface area contributed by atoms with Crippen LogP contribution in [0.25, 0.3) is 0 Å². The van der Waals surface area contributed by atoms with Gasteiger partial charge in [0.2, 0.25) is 0 Å². The van der Waals surface area contributed by atoms with Crippen molar-refractivity contribution in [3.63, 3.8) is 0 Å². The lowest BCUT2D eigenvalue weighted by Gasteiger charge is -2.36. The second-order valence-corrected chi connectivity index (χ2v) is 4.47. The van der Waals surface area contributed by atoms with E-state index in [4.69, 9.17) is 0 Å². The average molecular weight is 157 g/mol. The molecule has 1 saturated heterocycles. The van der Waals surface area contributed by atoms with Crippen LogP contribution in [0.1, 0.15) is 47.0 Å². The minimum atomic E-state index is -0.0231. The van der Waals surface area contributed by atoms with Gasteiger partial charge in [-0.05, 0) is 40.0 Å². The Morgan fingerprint density at radius 2 is 1.82 bits per heavy atom. The third-order valence-electron chi connectivity index (χ3n) is 3.12. The zero-order valence-electron chi connectivity index (χ0n) is 8.02. The first kappa shape index (κ1) is 9.01. The van der Waals surface area contributed by atoms with Gasteiger partial charge in [-0.25, -0.2) is 0 Å². The zero-order valence-corrected chi connectivity index (χ0v) is 8.02. The van der Waals surface area contributed by atoms with E-state index in [1.54, 1.807) is 5.06 Å². The van der Waals surface area contributed by atoms with Crippen LogP contribution in [0.4, 0.5) is 0 Å². The van der Waals surface area contributed by atoms with E-state index >= 15 is 0 Å². The van der Waals surface area contributed by atoms with Crippen LogP contribution in [-0.4, -0.2) is 21.3 Å². The lowest BCUT2D eigenvalue weighted by Crippen LogP contribution is -2.47. The molecule has 1 N–H and O–H groups in total. The van der Waals surface area contributed by atoms with Gasteiger partial charge in [-0.15, -0.1) is 0 Å². The van der Waals surface area contributed by atoms with E-state index in [0.717, 1.165) is 19.3 Å². The summed E-state index contributed by atoms with van der Waals surface area (Å²) >= 11 is 0. The van der Waals surface area contributed by atoms with Gasteiger partial charge in [-0.3, -0.25) is 0 Å². The highest BCUT2D eigenvalue weighted by molar-refractivity contribution is 4.97. The second kappa shape index (κ2) is 2.46. The fourth-order valence-corrected chi connectivity index (χ4v) is 1.84. The SMILES string of the molecule is CCC1(C)CCC(C)(C)N1O. The highest BCUT2D eigenvalue weighted by Crippen LogP contribution is 2.40. The first-order valence-electron chi connectivity index (χ1n) is 4.41. The Labute approximate surface area is 69.2 Å². The Morgan fingerprint density at radius 3 is 2.00 bits per heavy atom. The van der Waals surface area contributed by atoms with Crippen LogP contribution in [0.3, 0.4) is 0 Å². The maximum atomic E-state index is 9.81. The molecule has 0 aromatic carbocycles. The van der Waals surface area contributed by atoms with Gasteiger partial charge in [0.1, 0.15) is 0 Å². The van der Waals surface area contributed by atoms with Gasteiger partial charge >= 0.3 is 0 Å². The molecule has 1 fully saturated rings. The molecule has 1 atom stereocenters. The number of nitrogens with zero attached hydrogens (tertiary/aromatic N) is 1. The third kappa shape index (κ3) is 1.30. The molecule has 1 aliphatic rings. The predicted octanol–water partition coefficient (Wildman–Crippen LogP) is 2.42. The van der Waals surface area contributed by atoms with Gasteiger partial charge in [0.05, 0.1) is 0 Å². The Balaban J connectivity index is 2.78. The molecule has 66 valence electrons. The lowest BCUT2D eigenvalue weighted by atomic mass is 9.96. The van der Waals surface area contributed by atoms with E-state index < -0.39 is 0 Å². The monoisotopic (exact) mass is 157 g/mol. The molecule has 0 amide bonds. The van der Waals surface area contributed by atoms with Crippen LogP contribution < -0.4 is 0 Å². The van der Waals surface area contributed by atoms with Crippen molar-refractivity contribution < 1.29 is 5.21 Å². The summed E-state index contributed by atoms with van der Waals surface area (Å²) in [4.78, 5) is 0. The van der Waals surface area contributed by atoms with E-state index in [-0.39, 0.29) is 11.1 Å². The smallest absolute Gasteiger partial charge is 0.0436 e. The summed E-state index contributed by atoms with van der Waals surface area (Å²) in [5.41, 5.74) is -0.00569. The van der Waals surface area contributed by atoms with E-state index in [1.165, 1.54) is 0 Å². The zero-order chi connectivity index (χ0) is 8.70. The second-order valence-electron chi connectivity index (χ2n) is 4.47. The molecule has 1 heterocycles. The van der Waals surface area contributed by atoms with Gasteiger partial charge in [-0.1, -0.05) is 6.92 Å². The van der Waals surface area contributed by atoms with Crippen molar-refractivity contribution in [1.82, 2.24) is 5.06 Å². The summed E-state index contributed by atoms with van der Waals surface area (Å²) in [6, 6.07) is 0. The quantitative estimate of drug-likeness (QED) is 0.632. The van der Waals surface area contributed by atoms with Crippen LogP contribution in [-0.2, 0) is 0 Å². The van der Waals surface area contributed by atoms with E-state index in [1.807, 2.05) is 0 Å². The fourth-order valence-electron chi connectivity index (χ4n) is 1.84. The summed E-state index contributed by atoms with van der Waals surface area (Å²) in [6.07, 6.45) is 3.22. The van der Waals surface area contributed by atoms with Crippen LogP contribution in [0, 0.1) is 0 Å². The first-order chi connectivity index (χ1) is 4.92. The van der Waals surface area contributed by atoms with Crippen LogP contribution in [0.2, 0.25) is 0 Å². The number of hydroxylamine groups is 2. The normalized spacial score (nSPS) is 37.9. The largest absolute Gasteiger partial charge is 0.313 e. The summed E-state index contributed by atoms with van der Waals surface area (Å²) in [5.74, 6) is 0. The Bertz CT molecular complexity index is 156. The van der Waals surface area contributed by atoms with Gasteiger partial charge in [0, 0.05) is 11.1 Å². The van der Waals surface area contributed by atoms with Gasteiger partial charge in [-0.2, -0.15) is 5.06 Å². The minimum Gasteiger partial charge on any atom is -0.313 e. The molecular weight excluding hydrogens is 138 g/mol. The summed E-state index contributed by atoms with van der Waals surface area (Å²) in [7, 11) is 0. The Morgan fingerprint density at radius 1 is 1.27 bits per heavy atom. The van der Waals surface area contributed by atoms with Crippen molar-refractivity contribution in [1.29, 1.82) is 0 Å². The molecule has 1 rings (SSSR count). The van der Waals surface area contributed by atoms with Crippen molar-refractivity contribution >= 4 is 0 Å². The Hall–Kier alpha value is -0.0800. The first-order valence-corrected chi connectivity index (χ1v) is 4.41. The summed E-state index contributed by atoms with van der Waals surface area (Å²) < 4.78 is 0. The highest BCUT2D eigenvalue weighted by Gasteiger charge is 2.45. The molecule has 0 saturated carbocycles. The summed E-state index contributed by atoms with van der Waals surface area (Å²) in [6.45, 7) is 8.44. The molecule has 2 heteroatoms. The van der Waals surface area contributed by atoms with Crippen molar-refractivity contribution in [2.75, 3.05) is 0 Å². The maximum Gasteiger partial charge on any atom is 0.0436 e. The van der Waals surface area contributed by atoms with Crippen LogP contribution >= 0.6 is 0 Å². The predicted molar refractivity (Wildman–Crippen MR) is 45.6 cm³/mol. The molecule has 0 aliphatic carbocycles. The van der Waals surface area contributed by atoms with Crippen molar-refractivity contribution in [2.24, 2.45) is 0 Å². The topological polar surface area (TPSA) is 23.5 Å². The molecule has 0 aromatic rings. The summed E-state index contributed by atoms with van der Waals surface area (Å²) in [5, 5.41) is 11.4. The van der Waals surface area contributed by atoms with Gasteiger partial charge < -0.3 is 5.21 Å². The highest BCUT2D eigenvalue weighted by atomic mass is 16.5. The lowest BCUT2D eigenvalue weighted by molar-refractivity contribution is -0.197. The van der Waals surface area contributed by atoms with E-state index in [2.05, 4.69) is 27.7 Å². The molecule has 0 aromatic heterocycles. The molecule has 0 radical (unpaired) electrons. The average Bonchev–Trinajstić information content (AvgIpc) is 2.16. The number of hydrogen-bond acceptors (Lipinski definition) is 2. The third-order valence-corrected chi connectivity index (χ3v) is 3.12. The molecule has 1 aliphatic heterocycles. The van der Waals surface area contributed by atoms with E-state index in [0.29, 0.717) is 0 Å². The van der Waals surface area contributed by atoms with Crippen molar-refractivity contribution in [3.8, 4) is 0 Å². The minimum absolute atomic E-state index is 0.0174. The number of rotatable bonds is 1. The molecule has 11 heavy (non-hydrogen) atoms. The Kier molecular flexibility index (Phi) is 2.01.